The fraction of sp³-hybridized carbons (Fsp3) is 0.136. The van der Waals surface area contributed by atoms with Gasteiger partial charge in [-0.1, -0.05) is 23.7 Å². The number of hydrogen-bond acceptors (Lipinski definition) is 5. The predicted octanol–water partition coefficient (Wildman–Crippen LogP) is 4.56. The van der Waals surface area contributed by atoms with Crippen LogP contribution in [0.3, 0.4) is 0 Å². The van der Waals surface area contributed by atoms with E-state index in [1.165, 1.54) is 0 Å². The molecule has 1 amide bonds. The molecule has 8 heteroatoms. The number of benzene rings is 2. The summed E-state index contributed by atoms with van der Waals surface area (Å²) in [6.07, 6.45) is 1.58. The topological polar surface area (TPSA) is 89.1 Å². The standard InChI is InChI=1S/C22H19ClN4O3/c1-29-10-11-30-16-8-6-14(7-9-16)20-26-19-12-15(13-24-21(19)27-20)25-22(28)17-4-2-3-5-18(17)23/h2-9,12-13H,10-11H2,1H3,(H,25,28)(H,24,26,27). The van der Waals surface area contributed by atoms with Crippen LogP contribution in [0.1, 0.15) is 10.4 Å². The minimum Gasteiger partial charge on any atom is -0.491 e. The van der Waals surface area contributed by atoms with Crippen molar-refractivity contribution in [2.75, 3.05) is 25.6 Å². The largest absolute Gasteiger partial charge is 0.491 e. The molecule has 0 aliphatic rings. The van der Waals surface area contributed by atoms with Gasteiger partial charge in [-0.2, -0.15) is 0 Å². The van der Waals surface area contributed by atoms with Crippen LogP contribution in [-0.4, -0.2) is 41.2 Å². The monoisotopic (exact) mass is 422 g/mol. The lowest BCUT2D eigenvalue weighted by Crippen LogP contribution is -2.12. The predicted molar refractivity (Wildman–Crippen MR) is 116 cm³/mol. The number of hydrogen-bond donors (Lipinski definition) is 2. The Morgan fingerprint density at radius 2 is 1.93 bits per heavy atom. The number of anilines is 1. The second kappa shape index (κ2) is 8.94. The summed E-state index contributed by atoms with van der Waals surface area (Å²) in [5.74, 6) is 1.13. The van der Waals surface area contributed by atoms with Gasteiger partial charge in [0.05, 0.1) is 29.1 Å². The van der Waals surface area contributed by atoms with Crippen molar-refractivity contribution in [3.63, 3.8) is 0 Å². The van der Waals surface area contributed by atoms with Crippen LogP contribution in [0.4, 0.5) is 5.69 Å². The lowest BCUT2D eigenvalue weighted by molar-refractivity contribution is 0.102. The van der Waals surface area contributed by atoms with Crippen LogP contribution in [0.15, 0.2) is 60.8 Å². The third kappa shape index (κ3) is 4.42. The smallest absolute Gasteiger partial charge is 0.257 e. The van der Waals surface area contributed by atoms with E-state index in [1.807, 2.05) is 24.3 Å². The number of fused-ring (bicyclic) bond motifs is 1. The minimum absolute atomic E-state index is 0.304. The first-order valence-electron chi connectivity index (χ1n) is 9.28. The maximum Gasteiger partial charge on any atom is 0.257 e. The van der Waals surface area contributed by atoms with Crippen molar-refractivity contribution in [1.82, 2.24) is 15.0 Å². The Bertz CT molecular complexity index is 1170. The van der Waals surface area contributed by atoms with Crippen LogP contribution in [-0.2, 0) is 4.74 Å². The van der Waals surface area contributed by atoms with E-state index in [1.54, 1.807) is 43.6 Å². The summed E-state index contributed by atoms with van der Waals surface area (Å²) < 4.78 is 10.6. The number of rotatable bonds is 7. The van der Waals surface area contributed by atoms with Crippen molar-refractivity contribution in [3.05, 3.63) is 71.4 Å². The number of methoxy groups -OCH3 is 1. The Morgan fingerprint density at radius 1 is 1.13 bits per heavy atom. The molecule has 0 aliphatic heterocycles. The Kier molecular flexibility index (Phi) is 5.92. The van der Waals surface area contributed by atoms with E-state index in [9.17, 15) is 4.79 Å². The highest BCUT2D eigenvalue weighted by Crippen LogP contribution is 2.24. The lowest BCUT2D eigenvalue weighted by Gasteiger charge is -2.06. The van der Waals surface area contributed by atoms with E-state index in [-0.39, 0.29) is 5.91 Å². The van der Waals surface area contributed by atoms with Crippen molar-refractivity contribution < 1.29 is 14.3 Å². The summed E-state index contributed by atoms with van der Waals surface area (Å²) in [5, 5.41) is 3.20. The molecule has 0 unspecified atom stereocenters. The Balaban J connectivity index is 1.51. The van der Waals surface area contributed by atoms with Gasteiger partial charge in [-0.3, -0.25) is 4.79 Å². The number of nitrogens with zero attached hydrogens (tertiary/aromatic N) is 2. The number of H-pyrrole nitrogens is 1. The van der Waals surface area contributed by atoms with Crippen molar-refractivity contribution in [2.45, 2.75) is 0 Å². The number of aromatic nitrogens is 3. The van der Waals surface area contributed by atoms with Gasteiger partial charge in [0.1, 0.15) is 23.7 Å². The van der Waals surface area contributed by atoms with Crippen LogP contribution in [0, 0.1) is 0 Å². The van der Waals surface area contributed by atoms with E-state index >= 15 is 0 Å². The van der Waals surface area contributed by atoms with Crippen LogP contribution in [0.2, 0.25) is 5.02 Å². The lowest BCUT2D eigenvalue weighted by atomic mass is 10.2. The van der Waals surface area contributed by atoms with Crippen molar-refractivity contribution >= 4 is 34.4 Å². The number of pyridine rings is 1. The molecule has 7 nitrogen and oxygen atoms in total. The Morgan fingerprint density at radius 3 is 2.70 bits per heavy atom. The molecule has 0 radical (unpaired) electrons. The number of carbonyl (C=O) groups is 1. The molecule has 2 heterocycles. The zero-order chi connectivity index (χ0) is 20.9. The van der Waals surface area contributed by atoms with Gasteiger partial charge in [0.25, 0.3) is 5.91 Å². The van der Waals surface area contributed by atoms with Gasteiger partial charge in [-0.25, -0.2) is 9.97 Å². The Hall–Kier alpha value is -3.42. The summed E-state index contributed by atoms with van der Waals surface area (Å²) in [6.45, 7) is 1.03. The molecule has 0 fully saturated rings. The quantitative estimate of drug-likeness (QED) is 0.426. The third-order valence-electron chi connectivity index (χ3n) is 4.40. The van der Waals surface area contributed by atoms with Gasteiger partial charge >= 0.3 is 0 Å². The number of carbonyl (C=O) groups excluding carboxylic acids is 1. The minimum atomic E-state index is -0.304. The molecule has 30 heavy (non-hydrogen) atoms. The molecule has 4 rings (SSSR count). The van der Waals surface area contributed by atoms with Crippen LogP contribution in [0.25, 0.3) is 22.6 Å². The van der Waals surface area contributed by atoms with E-state index < -0.39 is 0 Å². The third-order valence-corrected chi connectivity index (χ3v) is 4.73. The van der Waals surface area contributed by atoms with Gasteiger partial charge in [-0.15, -0.1) is 0 Å². The average Bonchev–Trinajstić information content (AvgIpc) is 3.18. The van der Waals surface area contributed by atoms with E-state index in [0.717, 1.165) is 11.3 Å². The van der Waals surface area contributed by atoms with Crippen LogP contribution in [0.5, 0.6) is 5.75 Å². The molecular weight excluding hydrogens is 404 g/mol. The SMILES string of the molecule is COCCOc1ccc(-c2nc3cc(NC(=O)c4ccccc4Cl)cnc3[nH]2)cc1. The zero-order valence-electron chi connectivity index (χ0n) is 16.2. The van der Waals surface area contributed by atoms with E-state index in [4.69, 9.17) is 21.1 Å². The van der Waals surface area contributed by atoms with E-state index in [0.29, 0.717) is 46.5 Å². The maximum absolute atomic E-state index is 12.5. The van der Waals surface area contributed by atoms with Gasteiger partial charge in [0, 0.05) is 12.7 Å². The summed E-state index contributed by atoms with van der Waals surface area (Å²) in [4.78, 5) is 24.6. The summed E-state index contributed by atoms with van der Waals surface area (Å²) >= 11 is 6.09. The second-order valence-corrected chi connectivity index (χ2v) is 6.88. The molecule has 0 bridgehead atoms. The summed E-state index contributed by atoms with van der Waals surface area (Å²) in [5.41, 5.74) is 3.10. The molecule has 2 aromatic heterocycles. The molecule has 0 atom stereocenters. The van der Waals surface area contributed by atoms with Crippen LogP contribution < -0.4 is 10.1 Å². The van der Waals surface area contributed by atoms with Crippen molar-refractivity contribution in [2.24, 2.45) is 0 Å². The fourth-order valence-corrected chi connectivity index (χ4v) is 3.12. The highest BCUT2D eigenvalue weighted by atomic mass is 35.5. The molecule has 0 spiro atoms. The molecule has 0 saturated heterocycles. The first-order chi connectivity index (χ1) is 14.6. The molecular formula is C22H19ClN4O3. The number of aromatic amines is 1. The highest BCUT2D eigenvalue weighted by Gasteiger charge is 2.12. The molecule has 4 aromatic rings. The van der Waals surface area contributed by atoms with Gasteiger partial charge < -0.3 is 19.8 Å². The maximum atomic E-state index is 12.5. The van der Waals surface area contributed by atoms with Crippen LogP contribution >= 0.6 is 11.6 Å². The van der Waals surface area contributed by atoms with Gasteiger partial charge in [0.2, 0.25) is 0 Å². The average molecular weight is 423 g/mol. The number of halogens is 1. The highest BCUT2D eigenvalue weighted by molar-refractivity contribution is 6.34. The first kappa shape index (κ1) is 19.9. The number of nitrogens with one attached hydrogen (secondary N) is 2. The van der Waals surface area contributed by atoms with Gasteiger partial charge in [0.15, 0.2) is 5.65 Å². The molecule has 2 N–H and O–H groups in total. The number of ether oxygens (including phenoxy) is 2. The molecule has 2 aromatic carbocycles. The molecule has 0 saturated carbocycles. The van der Waals surface area contributed by atoms with Crippen molar-refractivity contribution in [1.29, 1.82) is 0 Å². The summed E-state index contributed by atoms with van der Waals surface area (Å²) in [7, 11) is 1.63. The first-order valence-corrected chi connectivity index (χ1v) is 9.65. The van der Waals surface area contributed by atoms with E-state index in [2.05, 4.69) is 20.3 Å². The fourth-order valence-electron chi connectivity index (χ4n) is 2.90. The zero-order valence-corrected chi connectivity index (χ0v) is 16.9. The number of amides is 1. The normalized spacial score (nSPS) is 10.9. The second-order valence-electron chi connectivity index (χ2n) is 6.48. The van der Waals surface area contributed by atoms with Gasteiger partial charge in [-0.05, 0) is 42.5 Å². The van der Waals surface area contributed by atoms with Crippen molar-refractivity contribution in [3.8, 4) is 17.1 Å². The number of imidazole rings is 1. The molecule has 152 valence electrons. The Labute approximate surface area is 178 Å². The molecule has 0 aliphatic carbocycles. The summed E-state index contributed by atoms with van der Waals surface area (Å²) in [6, 6.07) is 16.2.